The fourth-order valence-corrected chi connectivity index (χ4v) is 1.52. The van der Waals surface area contributed by atoms with Gasteiger partial charge in [0, 0.05) is 13.1 Å². The number of hydrogen-bond donors (Lipinski definition) is 2. The number of carbonyl (C=O) groups excluding carboxylic acids is 1. The van der Waals surface area contributed by atoms with E-state index in [1.165, 1.54) is 6.07 Å². The number of carbonyl (C=O) groups is 1. The van der Waals surface area contributed by atoms with E-state index in [0.717, 1.165) is 5.56 Å². The molecule has 0 bridgehead atoms. The first kappa shape index (κ1) is 14.6. The summed E-state index contributed by atoms with van der Waals surface area (Å²) in [5.41, 5.74) is 1.60. The highest BCUT2D eigenvalue weighted by atomic mass is 19.1. The summed E-state index contributed by atoms with van der Waals surface area (Å²) in [7, 11) is 0. The summed E-state index contributed by atoms with van der Waals surface area (Å²) in [4.78, 5) is 11.4. The van der Waals surface area contributed by atoms with Gasteiger partial charge in [-0.15, -0.1) is 0 Å². The molecule has 1 aromatic carbocycles. The highest BCUT2D eigenvalue weighted by molar-refractivity contribution is 5.77. The molecule has 2 N–H and O–H groups in total. The molecule has 18 heavy (non-hydrogen) atoms. The van der Waals surface area contributed by atoms with Crippen LogP contribution in [0.25, 0.3) is 0 Å². The Balaban J connectivity index is 2.28. The molecule has 1 rings (SSSR count). The molecule has 100 valence electrons. The largest absolute Gasteiger partial charge is 0.355 e. The maximum atomic E-state index is 13.0. The molecule has 0 aromatic heterocycles. The van der Waals surface area contributed by atoms with Gasteiger partial charge in [0.2, 0.25) is 5.91 Å². The van der Waals surface area contributed by atoms with E-state index in [4.69, 9.17) is 0 Å². The maximum Gasteiger partial charge on any atom is 0.233 e. The van der Waals surface area contributed by atoms with E-state index < -0.39 is 0 Å². The molecule has 0 aliphatic rings. The van der Waals surface area contributed by atoms with Crippen molar-refractivity contribution in [2.75, 3.05) is 13.1 Å². The van der Waals surface area contributed by atoms with Gasteiger partial charge in [-0.25, -0.2) is 4.39 Å². The summed E-state index contributed by atoms with van der Waals surface area (Å²) >= 11 is 0. The molecule has 4 heteroatoms. The van der Waals surface area contributed by atoms with Crippen LogP contribution in [0, 0.1) is 18.7 Å². The summed E-state index contributed by atoms with van der Waals surface area (Å²) in [6.07, 6.45) is 0. The molecule has 0 aliphatic carbocycles. The normalized spacial score (nSPS) is 10.7. The number of hydrogen-bond acceptors (Lipinski definition) is 2. The van der Waals surface area contributed by atoms with Crippen LogP contribution in [0.15, 0.2) is 18.2 Å². The molecule has 1 amide bonds. The van der Waals surface area contributed by atoms with E-state index in [-0.39, 0.29) is 18.3 Å². The van der Waals surface area contributed by atoms with Crippen LogP contribution in [0.5, 0.6) is 0 Å². The Bertz CT molecular complexity index is 405. The van der Waals surface area contributed by atoms with Gasteiger partial charge in [-0.2, -0.15) is 0 Å². The predicted molar refractivity (Wildman–Crippen MR) is 70.7 cm³/mol. The molecular weight excluding hydrogens is 231 g/mol. The number of nitrogens with one attached hydrogen (secondary N) is 2. The van der Waals surface area contributed by atoms with Crippen molar-refractivity contribution in [2.45, 2.75) is 27.3 Å². The number of benzene rings is 1. The van der Waals surface area contributed by atoms with Gasteiger partial charge in [0.25, 0.3) is 0 Å². The smallest absolute Gasteiger partial charge is 0.233 e. The molecule has 0 fully saturated rings. The van der Waals surface area contributed by atoms with Gasteiger partial charge in [0.1, 0.15) is 5.82 Å². The van der Waals surface area contributed by atoms with Crippen molar-refractivity contribution in [3.63, 3.8) is 0 Å². The highest BCUT2D eigenvalue weighted by Crippen LogP contribution is 2.08. The van der Waals surface area contributed by atoms with Crippen LogP contribution in [0.4, 0.5) is 4.39 Å². The Morgan fingerprint density at radius 3 is 2.72 bits per heavy atom. The second-order valence-corrected chi connectivity index (χ2v) is 4.89. The Morgan fingerprint density at radius 2 is 2.11 bits per heavy atom. The first-order valence-corrected chi connectivity index (χ1v) is 6.21. The van der Waals surface area contributed by atoms with Crippen LogP contribution in [-0.4, -0.2) is 19.0 Å². The molecule has 0 heterocycles. The van der Waals surface area contributed by atoms with Gasteiger partial charge in [-0.05, 0) is 30.0 Å². The lowest BCUT2D eigenvalue weighted by Crippen LogP contribution is -2.35. The van der Waals surface area contributed by atoms with Crippen molar-refractivity contribution in [1.29, 1.82) is 0 Å². The first-order chi connectivity index (χ1) is 8.49. The van der Waals surface area contributed by atoms with Crippen LogP contribution >= 0.6 is 0 Å². The van der Waals surface area contributed by atoms with E-state index in [1.54, 1.807) is 19.1 Å². The average molecular weight is 252 g/mol. The van der Waals surface area contributed by atoms with E-state index in [9.17, 15) is 9.18 Å². The molecule has 0 aliphatic heterocycles. The van der Waals surface area contributed by atoms with Gasteiger partial charge in [-0.1, -0.05) is 26.0 Å². The van der Waals surface area contributed by atoms with Crippen LogP contribution in [0.2, 0.25) is 0 Å². The maximum absolute atomic E-state index is 13.0. The fraction of sp³-hybridized carbons (Fsp3) is 0.500. The van der Waals surface area contributed by atoms with E-state index >= 15 is 0 Å². The Morgan fingerprint density at radius 1 is 1.39 bits per heavy atom. The lowest BCUT2D eigenvalue weighted by Gasteiger charge is -2.09. The number of rotatable bonds is 6. The molecule has 0 saturated heterocycles. The molecule has 1 aromatic rings. The number of aryl methyl sites for hydroxylation is 1. The van der Waals surface area contributed by atoms with E-state index in [2.05, 4.69) is 24.5 Å². The third-order valence-electron chi connectivity index (χ3n) is 2.54. The third kappa shape index (κ3) is 5.27. The molecule has 0 atom stereocenters. The van der Waals surface area contributed by atoms with Crippen molar-refractivity contribution in [2.24, 2.45) is 5.92 Å². The summed E-state index contributed by atoms with van der Waals surface area (Å²) in [6, 6.07) is 4.96. The third-order valence-corrected chi connectivity index (χ3v) is 2.54. The van der Waals surface area contributed by atoms with Crippen molar-refractivity contribution < 1.29 is 9.18 Å². The second kappa shape index (κ2) is 7.11. The summed E-state index contributed by atoms with van der Waals surface area (Å²) in [6.45, 7) is 7.37. The number of amides is 1. The molecule has 0 spiro atoms. The molecule has 0 saturated carbocycles. The first-order valence-electron chi connectivity index (χ1n) is 6.21. The van der Waals surface area contributed by atoms with Gasteiger partial charge >= 0.3 is 0 Å². The monoisotopic (exact) mass is 252 g/mol. The molecule has 0 radical (unpaired) electrons. The highest BCUT2D eigenvalue weighted by Gasteiger charge is 2.03. The van der Waals surface area contributed by atoms with Crippen LogP contribution < -0.4 is 10.6 Å². The minimum Gasteiger partial charge on any atom is -0.355 e. The second-order valence-electron chi connectivity index (χ2n) is 4.89. The van der Waals surface area contributed by atoms with Crippen LogP contribution in [0.1, 0.15) is 25.0 Å². The van der Waals surface area contributed by atoms with Crippen molar-refractivity contribution >= 4 is 5.91 Å². The lowest BCUT2D eigenvalue weighted by atomic mass is 10.1. The SMILES string of the molecule is Cc1cc(CNCC(=O)NCC(C)C)ccc1F. The summed E-state index contributed by atoms with van der Waals surface area (Å²) in [5.74, 6) is 0.240. The van der Waals surface area contributed by atoms with Crippen molar-refractivity contribution in [1.82, 2.24) is 10.6 Å². The zero-order valence-corrected chi connectivity index (χ0v) is 11.2. The zero-order chi connectivity index (χ0) is 13.5. The lowest BCUT2D eigenvalue weighted by molar-refractivity contribution is -0.120. The van der Waals surface area contributed by atoms with Crippen molar-refractivity contribution in [3.05, 3.63) is 35.1 Å². The zero-order valence-electron chi connectivity index (χ0n) is 11.2. The average Bonchev–Trinajstić information content (AvgIpc) is 2.31. The molecule has 0 unspecified atom stereocenters. The van der Waals surface area contributed by atoms with Gasteiger partial charge < -0.3 is 10.6 Å². The minimum atomic E-state index is -0.201. The summed E-state index contributed by atoms with van der Waals surface area (Å²) < 4.78 is 13.0. The number of halogens is 1. The van der Waals surface area contributed by atoms with Gasteiger partial charge in [0.15, 0.2) is 0 Å². The quantitative estimate of drug-likeness (QED) is 0.813. The summed E-state index contributed by atoms with van der Waals surface area (Å²) in [5, 5.41) is 5.86. The minimum absolute atomic E-state index is 0.0115. The predicted octanol–water partition coefficient (Wildman–Crippen LogP) is 2.00. The van der Waals surface area contributed by atoms with Crippen LogP contribution in [-0.2, 0) is 11.3 Å². The standard InChI is InChI=1S/C14H21FN2O/c1-10(2)7-17-14(18)9-16-8-12-4-5-13(15)11(3)6-12/h4-6,10,16H,7-9H2,1-3H3,(H,17,18). The van der Waals surface area contributed by atoms with Gasteiger partial charge in [0.05, 0.1) is 6.54 Å². The fourth-order valence-electron chi connectivity index (χ4n) is 1.52. The van der Waals surface area contributed by atoms with Crippen molar-refractivity contribution in [3.8, 4) is 0 Å². The Hall–Kier alpha value is -1.42. The van der Waals surface area contributed by atoms with E-state index in [0.29, 0.717) is 24.6 Å². The molecular formula is C14H21FN2O. The van der Waals surface area contributed by atoms with Crippen LogP contribution in [0.3, 0.4) is 0 Å². The topological polar surface area (TPSA) is 41.1 Å². The Labute approximate surface area is 108 Å². The molecule has 3 nitrogen and oxygen atoms in total. The Kier molecular flexibility index (Phi) is 5.78. The van der Waals surface area contributed by atoms with E-state index in [1.807, 2.05) is 0 Å². The van der Waals surface area contributed by atoms with Gasteiger partial charge in [-0.3, -0.25) is 4.79 Å².